The van der Waals surface area contributed by atoms with Crippen LogP contribution >= 0.6 is 0 Å². The second-order valence-electron chi connectivity index (χ2n) is 4.38. The number of rotatable bonds is 5. The van der Waals surface area contributed by atoms with Gasteiger partial charge in [-0.05, 0) is 44.2 Å². The van der Waals surface area contributed by atoms with Crippen molar-refractivity contribution in [3.05, 3.63) is 47.4 Å². The first-order chi connectivity index (χ1) is 9.22. The fraction of sp³-hybridized carbons (Fsp3) is 0.333. The van der Waals surface area contributed by atoms with Crippen molar-refractivity contribution in [2.24, 2.45) is 0 Å². The van der Waals surface area contributed by atoms with E-state index in [1.807, 2.05) is 32.2 Å². The van der Waals surface area contributed by atoms with Crippen LogP contribution in [-0.4, -0.2) is 17.0 Å². The molecule has 0 unspecified atom stereocenters. The zero-order valence-corrected chi connectivity index (χ0v) is 11.6. The molecule has 2 heterocycles. The van der Waals surface area contributed by atoms with Gasteiger partial charge >= 0.3 is 0 Å². The largest absolute Gasteiger partial charge is 0.437 e. The van der Waals surface area contributed by atoms with Crippen molar-refractivity contribution in [2.75, 3.05) is 7.05 Å². The molecular weight excluding hydrogens is 238 g/mol. The summed E-state index contributed by atoms with van der Waals surface area (Å²) < 4.78 is 5.84. The van der Waals surface area contributed by atoms with Crippen LogP contribution in [0.15, 0.2) is 30.5 Å². The lowest BCUT2D eigenvalue weighted by Crippen LogP contribution is -2.06. The summed E-state index contributed by atoms with van der Waals surface area (Å²) in [5.41, 5.74) is 3.07. The molecule has 0 radical (unpaired) electrons. The summed E-state index contributed by atoms with van der Waals surface area (Å²) in [4.78, 5) is 8.70. The molecule has 0 fully saturated rings. The average Bonchev–Trinajstić information content (AvgIpc) is 2.41. The molecule has 100 valence electrons. The van der Waals surface area contributed by atoms with Gasteiger partial charge in [0.1, 0.15) is 0 Å². The first kappa shape index (κ1) is 13.5. The van der Waals surface area contributed by atoms with Crippen LogP contribution in [0.5, 0.6) is 11.6 Å². The van der Waals surface area contributed by atoms with Crippen LogP contribution in [0.4, 0.5) is 0 Å². The summed E-state index contributed by atoms with van der Waals surface area (Å²) in [5.74, 6) is 1.37. The number of nitrogens with zero attached hydrogens (tertiary/aromatic N) is 2. The molecule has 2 aromatic rings. The molecular formula is C15H19N3O. The molecule has 0 bridgehead atoms. The SMILES string of the molecule is CCc1cc(CNC)cc(Oc2cccnc2C)n1. The van der Waals surface area contributed by atoms with Crippen molar-refractivity contribution >= 4 is 0 Å². The van der Waals surface area contributed by atoms with E-state index in [1.165, 1.54) is 5.56 Å². The Morgan fingerprint density at radius 3 is 2.84 bits per heavy atom. The Morgan fingerprint density at radius 2 is 2.16 bits per heavy atom. The van der Waals surface area contributed by atoms with Gasteiger partial charge in [0.2, 0.25) is 5.88 Å². The second kappa shape index (κ2) is 6.29. The van der Waals surface area contributed by atoms with Gasteiger partial charge in [0.25, 0.3) is 0 Å². The van der Waals surface area contributed by atoms with Gasteiger partial charge in [-0.15, -0.1) is 0 Å². The van der Waals surface area contributed by atoms with E-state index in [9.17, 15) is 0 Å². The lowest BCUT2D eigenvalue weighted by atomic mass is 10.2. The quantitative estimate of drug-likeness (QED) is 0.894. The predicted octanol–water partition coefficient (Wildman–Crippen LogP) is 2.86. The molecule has 0 amide bonds. The van der Waals surface area contributed by atoms with Crippen LogP contribution in [0.3, 0.4) is 0 Å². The highest BCUT2D eigenvalue weighted by Crippen LogP contribution is 2.23. The van der Waals surface area contributed by atoms with Crippen LogP contribution in [0.25, 0.3) is 0 Å². The maximum absolute atomic E-state index is 5.84. The molecule has 4 heteroatoms. The van der Waals surface area contributed by atoms with E-state index in [0.717, 1.165) is 30.1 Å². The Bertz CT molecular complexity index is 555. The minimum Gasteiger partial charge on any atom is -0.437 e. The van der Waals surface area contributed by atoms with Gasteiger partial charge < -0.3 is 10.1 Å². The molecule has 2 aromatic heterocycles. The molecule has 0 saturated carbocycles. The topological polar surface area (TPSA) is 47.0 Å². The number of aryl methyl sites for hydroxylation is 2. The summed E-state index contributed by atoms with van der Waals surface area (Å²) >= 11 is 0. The van der Waals surface area contributed by atoms with Crippen LogP contribution in [0, 0.1) is 6.92 Å². The summed E-state index contributed by atoms with van der Waals surface area (Å²) in [6.45, 7) is 4.82. The van der Waals surface area contributed by atoms with Crippen molar-refractivity contribution in [3.8, 4) is 11.6 Å². The van der Waals surface area contributed by atoms with Gasteiger partial charge in [-0.25, -0.2) is 4.98 Å². The van der Waals surface area contributed by atoms with Crippen LogP contribution < -0.4 is 10.1 Å². The molecule has 1 N–H and O–H groups in total. The van der Waals surface area contributed by atoms with E-state index in [4.69, 9.17) is 4.74 Å². The molecule has 2 rings (SSSR count). The summed E-state index contributed by atoms with van der Waals surface area (Å²) in [6.07, 6.45) is 2.64. The third-order valence-corrected chi connectivity index (χ3v) is 2.83. The molecule has 19 heavy (non-hydrogen) atoms. The van der Waals surface area contributed by atoms with Crippen LogP contribution in [-0.2, 0) is 13.0 Å². The van der Waals surface area contributed by atoms with Crippen molar-refractivity contribution in [2.45, 2.75) is 26.8 Å². The van der Waals surface area contributed by atoms with E-state index < -0.39 is 0 Å². The van der Waals surface area contributed by atoms with Crippen molar-refractivity contribution in [1.29, 1.82) is 0 Å². The van der Waals surface area contributed by atoms with Crippen molar-refractivity contribution < 1.29 is 4.74 Å². The van der Waals surface area contributed by atoms with Gasteiger partial charge in [-0.1, -0.05) is 6.92 Å². The lowest BCUT2D eigenvalue weighted by molar-refractivity contribution is 0.453. The zero-order chi connectivity index (χ0) is 13.7. The third kappa shape index (κ3) is 3.51. The highest BCUT2D eigenvalue weighted by atomic mass is 16.5. The highest BCUT2D eigenvalue weighted by Gasteiger charge is 2.06. The van der Waals surface area contributed by atoms with Gasteiger partial charge in [-0.3, -0.25) is 4.98 Å². The molecule has 4 nitrogen and oxygen atoms in total. The Hall–Kier alpha value is -1.94. The average molecular weight is 257 g/mol. The first-order valence-corrected chi connectivity index (χ1v) is 6.47. The van der Waals surface area contributed by atoms with Crippen LogP contribution in [0.2, 0.25) is 0 Å². The number of hydrogen-bond acceptors (Lipinski definition) is 4. The molecule has 0 saturated heterocycles. The van der Waals surface area contributed by atoms with Gasteiger partial charge in [0, 0.05) is 24.5 Å². The van der Waals surface area contributed by atoms with E-state index in [1.54, 1.807) is 6.20 Å². The Balaban J connectivity index is 2.29. The van der Waals surface area contributed by atoms with E-state index in [2.05, 4.69) is 28.3 Å². The van der Waals surface area contributed by atoms with E-state index in [-0.39, 0.29) is 0 Å². The lowest BCUT2D eigenvalue weighted by Gasteiger charge is -2.10. The summed E-state index contributed by atoms with van der Waals surface area (Å²) in [5, 5.41) is 3.14. The number of pyridine rings is 2. The normalized spacial score (nSPS) is 10.5. The molecule has 0 atom stereocenters. The fourth-order valence-corrected chi connectivity index (χ4v) is 1.85. The molecule has 0 aromatic carbocycles. The maximum Gasteiger partial charge on any atom is 0.219 e. The molecule has 0 aliphatic heterocycles. The van der Waals surface area contributed by atoms with Crippen LogP contribution in [0.1, 0.15) is 23.9 Å². The van der Waals surface area contributed by atoms with Gasteiger partial charge in [0.05, 0.1) is 5.69 Å². The third-order valence-electron chi connectivity index (χ3n) is 2.83. The zero-order valence-electron chi connectivity index (χ0n) is 11.6. The van der Waals surface area contributed by atoms with Crippen molar-refractivity contribution in [3.63, 3.8) is 0 Å². The predicted molar refractivity (Wildman–Crippen MR) is 75.4 cm³/mol. The number of hydrogen-bond donors (Lipinski definition) is 1. The molecule has 0 aliphatic rings. The monoisotopic (exact) mass is 257 g/mol. The molecule has 0 spiro atoms. The van der Waals surface area contributed by atoms with E-state index in [0.29, 0.717) is 5.88 Å². The standard InChI is InChI=1S/C15H19N3O/c1-4-13-8-12(10-16-3)9-15(18-13)19-14-6-5-7-17-11(14)2/h5-9,16H,4,10H2,1-3H3. The number of nitrogens with one attached hydrogen (secondary N) is 1. The van der Waals surface area contributed by atoms with Gasteiger partial charge in [-0.2, -0.15) is 0 Å². The Morgan fingerprint density at radius 1 is 1.32 bits per heavy atom. The summed E-state index contributed by atoms with van der Waals surface area (Å²) in [7, 11) is 1.93. The number of ether oxygens (including phenoxy) is 1. The maximum atomic E-state index is 5.84. The fourth-order valence-electron chi connectivity index (χ4n) is 1.85. The minimum atomic E-state index is 0.626. The minimum absolute atomic E-state index is 0.626. The summed E-state index contributed by atoms with van der Waals surface area (Å²) in [6, 6.07) is 7.82. The Kier molecular flexibility index (Phi) is 4.47. The van der Waals surface area contributed by atoms with Crippen molar-refractivity contribution in [1.82, 2.24) is 15.3 Å². The smallest absolute Gasteiger partial charge is 0.219 e. The second-order valence-corrected chi connectivity index (χ2v) is 4.38. The Labute approximate surface area is 113 Å². The van der Waals surface area contributed by atoms with Gasteiger partial charge in [0.15, 0.2) is 5.75 Å². The van der Waals surface area contributed by atoms with E-state index >= 15 is 0 Å². The molecule has 0 aliphatic carbocycles. The highest BCUT2D eigenvalue weighted by molar-refractivity contribution is 5.32. The number of aromatic nitrogens is 2. The first-order valence-electron chi connectivity index (χ1n) is 6.47.